The number of hydrogen-bond donors (Lipinski definition) is 1. The number of benzene rings is 1. The molecular weight excluding hydrogens is 244 g/mol. The van der Waals surface area contributed by atoms with Gasteiger partial charge in [0.05, 0.1) is 7.11 Å². The van der Waals surface area contributed by atoms with Crippen LogP contribution < -0.4 is 4.74 Å². The van der Waals surface area contributed by atoms with E-state index in [2.05, 4.69) is 5.10 Å². The van der Waals surface area contributed by atoms with Crippen LogP contribution in [0.1, 0.15) is 32.3 Å². The molecule has 5 nitrogen and oxygen atoms in total. The molecule has 1 amide bonds. The van der Waals surface area contributed by atoms with Crippen molar-refractivity contribution in [3.63, 3.8) is 0 Å². The third-order valence-corrected chi connectivity index (χ3v) is 3.30. The van der Waals surface area contributed by atoms with Crippen LogP contribution in [-0.4, -0.2) is 28.8 Å². The maximum atomic E-state index is 11.7. The number of methoxy groups -OCH3 is 1. The van der Waals surface area contributed by atoms with Crippen molar-refractivity contribution in [1.29, 1.82) is 0 Å². The Hall–Kier alpha value is -1.88. The third-order valence-electron chi connectivity index (χ3n) is 3.30. The minimum absolute atomic E-state index is 0.276. The second kappa shape index (κ2) is 5.01. The monoisotopic (exact) mass is 262 g/mol. The quantitative estimate of drug-likeness (QED) is 0.904. The zero-order valence-electron chi connectivity index (χ0n) is 11.4. The van der Waals surface area contributed by atoms with E-state index >= 15 is 0 Å². The summed E-state index contributed by atoms with van der Waals surface area (Å²) in [6.45, 7) is 3.35. The summed E-state index contributed by atoms with van der Waals surface area (Å²) in [5.74, 6) is 0.429. The van der Waals surface area contributed by atoms with E-state index in [1.54, 1.807) is 31.4 Å². The Bertz CT molecular complexity index is 510. The van der Waals surface area contributed by atoms with Crippen molar-refractivity contribution >= 4 is 11.6 Å². The van der Waals surface area contributed by atoms with Gasteiger partial charge in [0.1, 0.15) is 5.75 Å². The van der Waals surface area contributed by atoms with Gasteiger partial charge in [-0.2, -0.15) is 10.1 Å². The van der Waals surface area contributed by atoms with E-state index in [0.29, 0.717) is 24.2 Å². The molecule has 0 bridgehead atoms. The molecule has 19 heavy (non-hydrogen) atoms. The van der Waals surface area contributed by atoms with E-state index in [9.17, 15) is 9.90 Å². The number of nitrogens with zero attached hydrogens (tertiary/aromatic N) is 2. The highest BCUT2D eigenvalue weighted by molar-refractivity contribution is 5.90. The summed E-state index contributed by atoms with van der Waals surface area (Å²) in [7, 11) is 1.58. The van der Waals surface area contributed by atoms with Gasteiger partial charge in [-0.25, -0.2) is 0 Å². The lowest BCUT2D eigenvalue weighted by molar-refractivity contribution is -0.155. The van der Waals surface area contributed by atoms with Crippen molar-refractivity contribution in [1.82, 2.24) is 5.01 Å². The number of hydrogen-bond acceptors (Lipinski definition) is 4. The summed E-state index contributed by atoms with van der Waals surface area (Å²) >= 11 is 0. The van der Waals surface area contributed by atoms with Crippen LogP contribution in [0.5, 0.6) is 5.75 Å². The zero-order valence-corrected chi connectivity index (χ0v) is 11.4. The van der Waals surface area contributed by atoms with Crippen LogP contribution >= 0.6 is 0 Å². The molecule has 102 valence electrons. The Morgan fingerprint density at radius 3 is 2.58 bits per heavy atom. The maximum absolute atomic E-state index is 11.7. The molecule has 1 aliphatic rings. The summed E-state index contributed by atoms with van der Waals surface area (Å²) in [4.78, 5) is 11.7. The Balaban J connectivity index is 2.37. The summed E-state index contributed by atoms with van der Waals surface area (Å²) in [5, 5.41) is 16.2. The van der Waals surface area contributed by atoms with E-state index in [1.165, 1.54) is 6.92 Å². The smallest absolute Gasteiger partial charge is 0.242 e. The molecule has 0 aromatic heterocycles. The highest BCUT2D eigenvalue weighted by Gasteiger charge is 2.44. The summed E-state index contributed by atoms with van der Waals surface area (Å²) in [6, 6.07) is 7.02. The van der Waals surface area contributed by atoms with Gasteiger partial charge < -0.3 is 9.84 Å². The summed E-state index contributed by atoms with van der Waals surface area (Å²) < 4.78 is 5.09. The van der Waals surface area contributed by atoms with Crippen molar-refractivity contribution in [2.45, 2.75) is 32.4 Å². The van der Waals surface area contributed by atoms with Gasteiger partial charge >= 0.3 is 0 Å². The van der Waals surface area contributed by atoms with Crippen molar-refractivity contribution in [2.24, 2.45) is 5.10 Å². The Kier molecular flexibility index (Phi) is 3.57. The molecule has 0 aliphatic carbocycles. The van der Waals surface area contributed by atoms with E-state index in [1.807, 2.05) is 6.92 Å². The molecule has 0 saturated carbocycles. The Labute approximate surface area is 112 Å². The average molecular weight is 262 g/mol. The predicted octanol–water partition coefficient (Wildman–Crippen LogP) is 1.86. The lowest BCUT2D eigenvalue weighted by Gasteiger charge is -2.30. The fourth-order valence-corrected chi connectivity index (χ4v) is 2.23. The van der Waals surface area contributed by atoms with E-state index in [0.717, 1.165) is 10.7 Å². The number of aliphatic hydroxyl groups is 1. The van der Waals surface area contributed by atoms with Crippen molar-refractivity contribution < 1.29 is 14.6 Å². The lowest BCUT2D eigenvalue weighted by Crippen LogP contribution is -2.42. The molecule has 1 atom stereocenters. The van der Waals surface area contributed by atoms with Crippen molar-refractivity contribution in [3.05, 3.63) is 29.8 Å². The minimum atomic E-state index is -1.39. The van der Waals surface area contributed by atoms with Gasteiger partial charge in [-0.15, -0.1) is 0 Å². The Morgan fingerprint density at radius 1 is 1.47 bits per heavy atom. The van der Waals surface area contributed by atoms with E-state index in [4.69, 9.17) is 4.74 Å². The van der Waals surface area contributed by atoms with Crippen LogP contribution in [0, 0.1) is 0 Å². The molecule has 0 fully saturated rings. The molecular formula is C14H18N2O3. The molecule has 0 radical (unpaired) electrons. The molecule has 1 aromatic rings. The van der Waals surface area contributed by atoms with Gasteiger partial charge in [0.15, 0.2) is 5.72 Å². The largest absolute Gasteiger partial charge is 0.497 e. The van der Waals surface area contributed by atoms with Gasteiger partial charge in [0, 0.05) is 24.6 Å². The van der Waals surface area contributed by atoms with Gasteiger partial charge in [-0.3, -0.25) is 4.79 Å². The number of hydrazone groups is 1. The van der Waals surface area contributed by atoms with Crippen molar-refractivity contribution in [3.8, 4) is 5.75 Å². The molecule has 1 aliphatic heterocycles. The molecule has 2 rings (SSSR count). The minimum Gasteiger partial charge on any atom is -0.497 e. The average Bonchev–Trinajstić information content (AvgIpc) is 2.77. The van der Waals surface area contributed by atoms with Crippen LogP contribution in [0.4, 0.5) is 0 Å². The SMILES string of the molecule is CCC1=NN(C(C)=O)[C@](O)(c2ccc(OC)cc2)C1. The highest BCUT2D eigenvalue weighted by atomic mass is 16.5. The van der Waals surface area contributed by atoms with Gasteiger partial charge in [0.25, 0.3) is 0 Å². The number of ether oxygens (including phenoxy) is 1. The number of carbonyl (C=O) groups excluding carboxylic acids is 1. The van der Waals surface area contributed by atoms with Crippen LogP contribution in [0.2, 0.25) is 0 Å². The second-order valence-corrected chi connectivity index (χ2v) is 4.57. The first-order chi connectivity index (χ1) is 9.01. The van der Waals surface area contributed by atoms with Crippen molar-refractivity contribution in [2.75, 3.05) is 7.11 Å². The molecule has 0 saturated heterocycles. The first-order valence-corrected chi connectivity index (χ1v) is 6.25. The summed E-state index contributed by atoms with van der Waals surface area (Å²) in [6.07, 6.45) is 1.05. The number of amides is 1. The molecule has 1 heterocycles. The Morgan fingerprint density at radius 2 is 2.11 bits per heavy atom. The number of carbonyl (C=O) groups is 1. The molecule has 1 N–H and O–H groups in total. The molecule has 1 aromatic carbocycles. The lowest BCUT2D eigenvalue weighted by atomic mass is 9.96. The van der Waals surface area contributed by atoms with Gasteiger partial charge in [0.2, 0.25) is 5.91 Å². The first kappa shape index (κ1) is 13.5. The van der Waals surface area contributed by atoms with Gasteiger partial charge in [-0.1, -0.05) is 19.1 Å². The molecule has 5 heteroatoms. The highest BCUT2D eigenvalue weighted by Crippen LogP contribution is 2.36. The topological polar surface area (TPSA) is 62.1 Å². The van der Waals surface area contributed by atoms with Crippen LogP contribution in [0.3, 0.4) is 0 Å². The number of rotatable bonds is 3. The van der Waals surface area contributed by atoms with Crippen LogP contribution in [-0.2, 0) is 10.5 Å². The zero-order chi connectivity index (χ0) is 14.0. The fraction of sp³-hybridized carbons (Fsp3) is 0.429. The molecule has 0 spiro atoms. The maximum Gasteiger partial charge on any atom is 0.242 e. The van der Waals surface area contributed by atoms with Crippen LogP contribution in [0.15, 0.2) is 29.4 Å². The van der Waals surface area contributed by atoms with Gasteiger partial charge in [-0.05, 0) is 18.6 Å². The van der Waals surface area contributed by atoms with Crippen LogP contribution in [0.25, 0.3) is 0 Å². The molecule has 0 unspecified atom stereocenters. The third kappa shape index (κ3) is 2.33. The first-order valence-electron chi connectivity index (χ1n) is 6.25. The summed E-state index contributed by atoms with van der Waals surface area (Å²) in [5.41, 5.74) is 0.0629. The standard InChI is InChI=1S/C14H18N2O3/c1-4-12-9-14(18,16(15-12)10(2)17)11-5-7-13(19-3)8-6-11/h5-8,18H,4,9H2,1-3H3/t14-/m1/s1. The normalized spacial score (nSPS) is 22.3. The second-order valence-electron chi connectivity index (χ2n) is 4.57. The van der Waals surface area contributed by atoms with E-state index < -0.39 is 5.72 Å². The fourth-order valence-electron chi connectivity index (χ4n) is 2.23. The van der Waals surface area contributed by atoms with E-state index in [-0.39, 0.29) is 5.91 Å². The predicted molar refractivity (Wildman–Crippen MR) is 71.8 cm³/mol.